The van der Waals surface area contributed by atoms with E-state index in [-0.39, 0.29) is 12.2 Å². The number of nitrogens with one attached hydrogen (secondary N) is 1. The zero-order valence-electron chi connectivity index (χ0n) is 8.95. The summed E-state index contributed by atoms with van der Waals surface area (Å²) >= 11 is 0. The third kappa shape index (κ3) is 3.30. The highest BCUT2D eigenvalue weighted by atomic mass is 16.4. The molecule has 0 aliphatic rings. The molecule has 3 N–H and O–H groups in total. The molecule has 0 aliphatic heterocycles. The van der Waals surface area contributed by atoms with Crippen LogP contribution in [0.3, 0.4) is 0 Å². The van der Waals surface area contributed by atoms with Crippen molar-refractivity contribution in [3.05, 3.63) is 29.3 Å². The van der Waals surface area contributed by atoms with Gasteiger partial charge in [0.25, 0.3) is 0 Å². The first-order chi connectivity index (χ1) is 7.65. The fourth-order valence-corrected chi connectivity index (χ4v) is 1.25. The van der Waals surface area contributed by atoms with Crippen molar-refractivity contribution in [3.8, 4) is 11.8 Å². The number of hydrogen-bond donors (Lipinski definition) is 3. The normalized spacial score (nSPS) is 9.12. The quantitative estimate of drug-likeness (QED) is 0.666. The zero-order valence-corrected chi connectivity index (χ0v) is 8.95. The van der Waals surface area contributed by atoms with Crippen molar-refractivity contribution in [2.75, 3.05) is 18.5 Å². The van der Waals surface area contributed by atoms with Gasteiger partial charge in [0.05, 0.1) is 12.1 Å². The first-order valence-electron chi connectivity index (χ1n) is 4.79. The molecule has 1 aromatic carbocycles. The van der Waals surface area contributed by atoms with E-state index in [1.165, 1.54) is 0 Å². The summed E-state index contributed by atoms with van der Waals surface area (Å²) in [5.74, 6) is 4.16. The fourth-order valence-electron chi connectivity index (χ4n) is 1.25. The van der Waals surface area contributed by atoms with Crippen LogP contribution in [-0.4, -0.2) is 29.3 Å². The van der Waals surface area contributed by atoms with E-state index in [1.807, 2.05) is 13.0 Å². The number of carboxylic acid groups (broad SMARTS) is 1. The highest BCUT2D eigenvalue weighted by Crippen LogP contribution is 2.16. The Morgan fingerprint density at radius 2 is 2.19 bits per heavy atom. The van der Waals surface area contributed by atoms with E-state index < -0.39 is 5.97 Å². The number of benzene rings is 1. The lowest BCUT2D eigenvalue weighted by Gasteiger charge is -2.07. The largest absolute Gasteiger partial charge is 0.478 e. The van der Waals surface area contributed by atoms with Crippen LogP contribution in [-0.2, 0) is 0 Å². The van der Waals surface area contributed by atoms with Crippen molar-refractivity contribution < 1.29 is 15.0 Å². The van der Waals surface area contributed by atoms with Crippen LogP contribution < -0.4 is 5.32 Å². The summed E-state index contributed by atoms with van der Waals surface area (Å²) in [6.07, 6.45) is 0. The van der Waals surface area contributed by atoms with E-state index in [9.17, 15) is 4.79 Å². The Hall–Kier alpha value is -1.99. The summed E-state index contributed by atoms with van der Waals surface area (Å²) in [6, 6.07) is 5.14. The summed E-state index contributed by atoms with van der Waals surface area (Å²) in [6.45, 7) is 1.95. The average molecular weight is 219 g/mol. The second kappa shape index (κ2) is 5.79. The number of rotatable bonds is 3. The number of aliphatic hydroxyl groups is 1. The molecule has 0 fully saturated rings. The Balaban J connectivity index is 2.82. The van der Waals surface area contributed by atoms with Crippen LogP contribution >= 0.6 is 0 Å². The maximum Gasteiger partial charge on any atom is 0.337 e. The minimum Gasteiger partial charge on any atom is -0.478 e. The molecule has 0 unspecified atom stereocenters. The molecule has 84 valence electrons. The molecule has 0 saturated carbocycles. The second-order valence-electron chi connectivity index (χ2n) is 3.22. The Kier molecular flexibility index (Phi) is 4.37. The molecule has 1 aromatic rings. The zero-order chi connectivity index (χ0) is 12.0. The fraction of sp³-hybridized carbons (Fsp3) is 0.250. The van der Waals surface area contributed by atoms with Crippen LogP contribution in [0.15, 0.2) is 18.2 Å². The number of aliphatic hydroxyl groups excluding tert-OH is 1. The maximum absolute atomic E-state index is 10.9. The van der Waals surface area contributed by atoms with Crippen LogP contribution in [0, 0.1) is 18.8 Å². The highest BCUT2D eigenvalue weighted by molar-refractivity contribution is 5.94. The highest BCUT2D eigenvalue weighted by Gasteiger charge is 2.08. The van der Waals surface area contributed by atoms with E-state index in [2.05, 4.69) is 17.2 Å². The van der Waals surface area contributed by atoms with Gasteiger partial charge in [-0.2, -0.15) is 0 Å². The molecule has 0 amide bonds. The van der Waals surface area contributed by atoms with Crippen molar-refractivity contribution in [1.29, 1.82) is 0 Å². The summed E-state index contributed by atoms with van der Waals surface area (Å²) in [7, 11) is 0. The molecule has 0 aromatic heterocycles. The van der Waals surface area contributed by atoms with Gasteiger partial charge >= 0.3 is 5.97 Å². The van der Waals surface area contributed by atoms with Crippen LogP contribution in [0.5, 0.6) is 0 Å². The predicted molar refractivity (Wildman–Crippen MR) is 61.5 cm³/mol. The predicted octanol–water partition coefficient (Wildman–Crippen LogP) is 1.10. The van der Waals surface area contributed by atoms with Gasteiger partial charge in [0, 0.05) is 5.69 Å². The van der Waals surface area contributed by atoms with Crippen molar-refractivity contribution in [1.82, 2.24) is 0 Å². The molecule has 0 bridgehead atoms. The first-order valence-corrected chi connectivity index (χ1v) is 4.79. The SMILES string of the molecule is Cc1ccc(NCC#CCO)c(C(=O)O)c1. The molecular formula is C12H13NO3. The van der Waals surface area contributed by atoms with Gasteiger partial charge in [0.1, 0.15) is 6.61 Å². The van der Waals surface area contributed by atoms with Crippen molar-refractivity contribution >= 4 is 11.7 Å². The van der Waals surface area contributed by atoms with Crippen LogP contribution in [0.2, 0.25) is 0 Å². The van der Waals surface area contributed by atoms with E-state index in [4.69, 9.17) is 10.2 Å². The summed E-state index contributed by atoms with van der Waals surface area (Å²) in [5.41, 5.74) is 1.65. The maximum atomic E-state index is 10.9. The lowest BCUT2D eigenvalue weighted by atomic mass is 10.1. The van der Waals surface area contributed by atoms with Crippen LogP contribution in [0.1, 0.15) is 15.9 Å². The average Bonchev–Trinajstić information content (AvgIpc) is 2.26. The number of carbonyl (C=O) groups is 1. The number of hydrogen-bond acceptors (Lipinski definition) is 3. The lowest BCUT2D eigenvalue weighted by molar-refractivity contribution is 0.0698. The van der Waals surface area contributed by atoms with E-state index in [1.54, 1.807) is 12.1 Å². The van der Waals surface area contributed by atoms with Crippen LogP contribution in [0.25, 0.3) is 0 Å². The molecule has 0 spiro atoms. The third-order valence-electron chi connectivity index (χ3n) is 1.98. The van der Waals surface area contributed by atoms with Crippen molar-refractivity contribution in [3.63, 3.8) is 0 Å². The Morgan fingerprint density at radius 1 is 1.44 bits per heavy atom. The Morgan fingerprint density at radius 3 is 2.81 bits per heavy atom. The molecule has 0 aliphatic carbocycles. The molecule has 4 nitrogen and oxygen atoms in total. The molecule has 1 rings (SSSR count). The van der Waals surface area contributed by atoms with E-state index >= 15 is 0 Å². The lowest BCUT2D eigenvalue weighted by Crippen LogP contribution is -2.06. The van der Waals surface area contributed by atoms with Crippen molar-refractivity contribution in [2.24, 2.45) is 0 Å². The van der Waals surface area contributed by atoms with Gasteiger partial charge in [-0.15, -0.1) is 0 Å². The number of anilines is 1. The smallest absolute Gasteiger partial charge is 0.337 e. The van der Waals surface area contributed by atoms with Gasteiger partial charge in [-0.05, 0) is 19.1 Å². The number of aryl methyl sites for hydroxylation is 1. The van der Waals surface area contributed by atoms with Gasteiger partial charge < -0.3 is 15.5 Å². The topological polar surface area (TPSA) is 69.6 Å². The van der Waals surface area contributed by atoms with Gasteiger partial charge in [0.2, 0.25) is 0 Å². The first kappa shape index (κ1) is 12.1. The minimum atomic E-state index is -0.971. The Labute approximate surface area is 93.9 Å². The van der Waals surface area contributed by atoms with Gasteiger partial charge in [-0.3, -0.25) is 0 Å². The van der Waals surface area contributed by atoms with E-state index in [0.717, 1.165) is 5.56 Å². The third-order valence-corrected chi connectivity index (χ3v) is 1.98. The second-order valence-corrected chi connectivity index (χ2v) is 3.22. The summed E-state index contributed by atoms with van der Waals surface area (Å²) < 4.78 is 0. The van der Waals surface area contributed by atoms with Gasteiger partial charge in [-0.1, -0.05) is 23.5 Å². The Bertz CT molecular complexity index is 443. The minimum absolute atomic E-state index is 0.193. The monoisotopic (exact) mass is 219 g/mol. The molecular weight excluding hydrogens is 206 g/mol. The number of carboxylic acids is 1. The molecule has 16 heavy (non-hydrogen) atoms. The molecule has 4 heteroatoms. The summed E-state index contributed by atoms with van der Waals surface area (Å²) in [4.78, 5) is 10.9. The number of aromatic carboxylic acids is 1. The van der Waals surface area contributed by atoms with E-state index in [0.29, 0.717) is 12.2 Å². The van der Waals surface area contributed by atoms with Crippen LogP contribution in [0.4, 0.5) is 5.69 Å². The van der Waals surface area contributed by atoms with Gasteiger partial charge in [0.15, 0.2) is 0 Å². The molecule has 0 heterocycles. The summed E-state index contributed by atoms with van der Waals surface area (Å²) in [5, 5.41) is 20.3. The molecule has 0 atom stereocenters. The molecule has 0 saturated heterocycles. The van der Waals surface area contributed by atoms with Gasteiger partial charge in [-0.25, -0.2) is 4.79 Å². The standard InChI is InChI=1S/C12H13NO3/c1-9-4-5-11(10(8-9)12(15)16)13-6-2-3-7-14/h4-5,8,13-14H,6-7H2,1H3,(H,15,16). The molecule has 0 radical (unpaired) electrons. The van der Waals surface area contributed by atoms with Crippen molar-refractivity contribution in [2.45, 2.75) is 6.92 Å².